The quantitative estimate of drug-likeness (QED) is 0.463. The lowest BCUT2D eigenvalue weighted by Gasteiger charge is -2.23. The fourth-order valence-corrected chi connectivity index (χ4v) is 1.75. The van der Waals surface area contributed by atoms with Gasteiger partial charge in [-0.1, -0.05) is 17.6 Å². The van der Waals surface area contributed by atoms with Crippen LogP contribution in [0.1, 0.15) is 33.6 Å². The molecule has 0 radical (unpaired) electrons. The summed E-state index contributed by atoms with van der Waals surface area (Å²) < 4.78 is 8.39. The van der Waals surface area contributed by atoms with Crippen LogP contribution in [0.2, 0.25) is 0 Å². The van der Waals surface area contributed by atoms with Crippen molar-refractivity contribution in [1.29, 1.82) is 0 Å². The predicted octanol–water partition coefficient (Wildman–Crippen LogP) is 2.90. The van der Waals surface area contributed by atoms with E-state index >= 15 is 0 Å². The molecule has 86 valence electrons. The van der Waals surface area contributed by atoms with Crippen LogP contribution in [0.15, 0.2) is 11.6 Å². The fraction of sp³-hybridized carbons (Fsp3) is 0.667. The first-order chi connectivity index (χ1) is 7.04. The Bertz CT molecular complexity index is 259. The first-order valence-electron chi connectivity index (χ1n) is 5.05. The van der Waals surface area contributed by atoms with Gasteiger partial charge in [-0.05, 0) is 37.5 Å². The van der Waals surface area contributed by atoms with Crippen LogP contribution in [0.4, 0.5) is 0 Å². The summed E-state index contributed by atoms with van der Waals surface area (Å²) in [6.07, 6.45) is 3.99. The Hall–Kier alpha value is -0.0500. The van der Waals surface area contributed by atoms with Crippen molar-refractivity contribution >= 4 is 22.6 Å². The summed E-state index contributed by atoms with van der Waals surface area (Å²) in [5, 5.41) is 8.72. The molecule has 0 aromatic rings. The lowest BCUT2D eigenvalue weighted by Crippen LogP contribution is -2.28. The van der Waals surface area contributed by atoms with Crippen LogP contribution in [-0.2, 0) is 4.74 Å². The largest absolute Gasteiger partial charge is 0.394 e. The number of halogens is 1. The molecule has 1 unspecified atom stereocenters. The molecule has 0 rings (SSSR count). The number of hydrogen-bond donors (Lipinski definition) is 1. The lowest BCUT2D eigenvalue weighted by atomic mass is 10.0. The Morgan fingerprint density at radius 3 is 2.67 bits per heavy atom. The highest BCUT2D eigenvalue weighted by Crippen LogP contribution is 2.18. The SMILES string of the molecule is CC(C)=CCCC(C)(C#CI)OCCO. The molecule has 0 bridgehead atoms. The smallest absolute Gasteiger partial charge is 0.127 e. The number of ether oxygens (including phenoxy) is 1. The molecule has 0 saturated carbocycles. The molecular formula is C12H19IO2. The summed E-state index contributed by atoms with van der Waals surface area (Å²) in [6, 6.07) is 0. The Morgan fingerprint density at radius 2 is 2.20 bits per heavy atom. The van der Waals surface area contributed by atoms with Crippen molar-refractivity contribution in [3.05, 3.63) is 11.6 Å². The van der Waals surface area contributed by atoms with Crippen LogP contribution in [0.25, 0.3) is 0 Å². The molecule has 0 aromatic carbocycles. The van der Waals surface area contributed by atoms with Gasteiger partial charge >= 0.3 is 0 Å². The second-order valence-corrected chi connectivity index (χ2v) is 4.38. The minimum atomic E-state index is -0.435. The van der Waals surface area contributed by atoms with Gasteiger partial charge in [-0.25, -0.2) is 0 Å². The number of aliphatic hydroxyl groups is 1. The number of hydrogen-bond acceptors (Lipinski definition) is 2. The van der Waals surface area contributed by atoms with E-state index in [9.17, 15) is 0 Å². The molecule has 0 spiro atoms. The zero-order chi connectivity index (χ0) is 11.7. The molecule has 0 fully saturated rings. The van der Waals surface area contributed by atoms with Gasteiger partial charge in [0.25, 0.3) is 0 Å². The zero-order valence-corrected chi connectivity index (χ0v) is 11.8. The molecular weight excluding hydrogens is 303 g/mol. The van der Waals surface area contributed by atoms with E-state index in [1.165, 1.54) is 5.57 Å². The molecule has 0 aliphatic heterocycles. The van der Waals surface area contributed by atoms with Crippen molar-refractivity contribution < 1.29 is 9.84 Å². The third-order valence-electron chi connectivity index (χ3n) is 2.00. The van der Waals surface area contributed by atoms with Crippen molar-refractivity contribution in [2.75, 3.05) is 13.2 Å². The monoisotopic (exact) mass is 322 g/mol. The molecule has 0 amide bonds. The van der Waals surface area contributed by atoms with Crippen molar-refractivity contribution in [3.8, 4) is 9.85 Å². The maximum Gasteiger partial charge on any atom is 0.127 e. The van der Waals surface area contributed by atoms with Crippen LogP contribution in [0, 0.1) is 9.85 Å². The Labute approximate surface area is 106 Å². The molecule has 2 nitrogen and oxygen atoms in total. The van der Waals surface area contributed by atoms with Crippen molar-refractivity contribution in [2.24, 2.45) is 0 Å². The lowest BCUT2D eigenvalue weighted by molar-refractivity contribution is -0.0104. The average molecular weight is 322 g/mol. The molecule has 0 aliphatic rings. The topological polar surface area (TPSA) is 29.5 Å². The summed E-state index contributed by atoms with van der Waals surface area (Å²) in [5.74, 6) is 3.04. The molecule has 0 saturated heterocycles. The van der Waals surface area contributed by atoms with Gasteiger partial charge in [-0.3, -0.25) is 0 Å². The first kappa shape index (κ1) is 14.9. The molecule has 1 N–H and O–H groups in total. The highest BCUT2D eigenvalue weighted by molar-refractivity contribution is 14.1. The summed E-state index contributed by atoms with van der Waals surface area (Å²) in [6.45, 7) is 6.51. The second kappa shape index (κ2) is 8.14. The summed E-state index contributed by atoms with van der Waals surface area (Å²) >= 11 is 2.01. The van der Waals surface area contributed by atoms with E-state index in [-0.39, 0.29) is 6.61 Å². The number of aliphatic hydroxyl groups excluding tert-OH is 1. The first-order valence-corrected chi connectivity index (χ1v) is 6.13. The van der Waals surface area contributed by atoms with Gasteiger partial charge in [0, 0.05) is 22.6 Å². The number of rotatable bonds is 6. The third-order valence-corrected chi connectivity index (χ3v) is 2.27. The van der Waals surface area contributed by atoms with Crippen LogP contribution >= 0.6 is 22.6 Å². The van der Waals surface area contributed by atoms with E-state index < -0.39 is 5.60 Å². The van der Waals surface area contributed by atoms with Gasteiger partial charge < -0.3 is 9.84 Å². The van der Waals surface area contributed by atoms with Crippen molar-refractivity contribution in [3.63, 3.8) is 0 Å². The van der Waals surface area contributed by atoms with E-state index in [0.717, 1.165) is 12.8 Å². The minimum absolute atomic E-state index is 0.0428. The van der Waals surface area contributed by atoms with Gasteiger partial charge in [-0.2, -0.15) is 0 Å². The molecule has 0 aromatic heterocycles. The van der Waals surface area contributed by atoms with E-state index in [4.69, 9.17) is 9.84 Å². The summed E-state index contributed by atoms with van der Waals surface area (Å²) in [5.41, 5.74) is 0.873. The van der Waals surface area contributed by atoms with Gasteiger partial charge in [-0.15, -0.1) is 0 Å². The van der Waals surface area contributed by atoms with Crippen molar-refractivity contribution in [2.45, 2.75) is 39.2 Å². The highest BCUT2D eigenvalue weighted by Gasteiger charge is 2.20. The normalized spacial score (nSPS) is 13.7. The molecule has 0 aliphatic carbocycles. The van der Waals surface area contributed by atoms with Crippen LogP contribution in [0.5, 0.6) is 0 Å². The zero-order valence-electron chi connectivity index (χ0n) is 9.64. The van der Waals surface area contributed by atoms with E-state index in [2.05, 4.69) is 29.8 Å². The fourth-order valence-electron chi connectivity index (χ4n) is 1.18. The van der Waals surface area contributed by atoms with Gasteiger partial charge in [0.2, 0.25) is 0 Å². The Morgan fingerprint density at radius 1 is 1.53 bits per heavy atom. The summed E-state index contributed by atoms with van der Waals surface area (Å²) in [4.78, 5) is 0. The van der Waals surface area contributed by atoms with E-state index in [1.54, 1.807) is 0 Å². The van der Waals surface area contributed by atoms with Crippen molar-refractivity contribution in [1.82, 2.24) is 0 Å². The minimum Gasteiger partial charge on any atom is -0.394 e. The van der Waals surface area contributed by atoms with Gasteiger partial charge in [0.15, 0.2) is 0 Å². The van der Waals surface area contributed by atoms with Gasteiger partial charge in [0.05, 0.1) is 13.2 Å². The second-order valence-electron chi connectivity index (χ2n) is 3.84. The predicted molar refractivity (Wildman–Crippen MR) is 71.9 cm³/mol. The maximum absolute atomic E-state index is 8.72. The Balaban J connectivity index is 4.23. The Kier molecular flexibility index (Phi) is 8.12. The summed E-state index contributed by atoms with van der Waals surface area (Å²) in [7, 11) is 0. The highest BCUT2D eigenvalue weighted by atomic mass is 127. The van der Waals surface area contributed by atoms with Crippen LogP contribution < -0.4 is 0 Å². The average Bonchev–Trinajstić information content (AvgIpc) is 2.15. The molecule has 0 heterocycles. The number of allylic oxidation sites excluding steroid dienone is 2. The van der Waals surface area contributed by atoms with Crippen LogP contribution in [0.3, 0.4) is 0 Å². The van der Waals surface area contributed by atoms with Gasteiger partial charge in [0.1, 0.15) is 5.60 Å². The molecule has 15 heavy (non-hydrogen) atoms. The van der Waals surface area contributed by atoms with E-state index in [1.807, 2.05) is 29.5 Å². The standard InChI is InChI=1S/C12H19IO2/c1-11(2)5-4-6-12(3,7-8-13)15-10-9-14/h5,14H,4,6,9-10H2,1-3H3. The molecule has 3 heteroatoms. The maximum atomic E-state index is 8.72. The third kappa shape index (κ3) is 7.83. The molecule has 1 atom stereocenters. The van der Waals surface area contributed by atoms with E-state index in [0.29, 0.717) is 6.61 Å². The van der Waals surface area contributed by atoms with Crippen LogP contribution in [-0.4, -0.2) is 23.9 Å².